The van der Waals surface area contributed by atoms with E-state index in [-0.39, 0.29) is 0 Å². The second-order valence-corrected chi connectivity index (χ2v) is 11.2. The van der Waals surface area contributed by atoms with E-state index in [1.165, 1.54) is 25.0 Å². The van der Waals surface area contributed by atoms with Gasteiger partial charge in [-0.1, -0.05) is 33.2 Å². The van der Waals surface area contributed by atoms with Crippen molar-refractivity contribution in [2.75, 3.05) is 18.8 Å². The van der Waals surface area contributed by atoms with Crippen molar-refractivity contribution in [3.05, 3.63) is 22.7 Å². The fourth-order valence-corrected chi connectivity index (χ4v) is 7.58. The molecule has 0 spiro atoms. The van der Waals surface area contributed by atoms with Gasteiger partial charge in [0.2, 0.25) is 17.6 Å². The van der Waals surface area contributed by atoms with Crippen LogP contribution >= 0.6 is 32.9 Å². The molecule has 152 valence electrons. The Morgan fingerprint density at radius 2 is 2.29 bits per heavy atom. The van der Waals surface area contributed by atoms with Crippen LogP contribution in [0.5, 0.6) is 0 Å². The van der Waals surface area contributed by atoms with Crippen molar-refractivity contribution in [3.63, 3.8) is 0 Å². The van der Waals surface area contributed by atoms with Gasteiger partial charge in [0.25, 0.3) is 0 Å². The zero-order valence-corrected chi connectivity index (χ0v) is 18.5. The predicted molar refractivity (Wildman–Crippen MR) is 118 cm³/mol. The fourth-order valence-electron chi connectivity index (χ4n) is 3.92. The third-order valence-electron chi connectivity index (χ3n) is 5.48. The SMILES string of the molecule is O=C(CCCC[C@@H]1CCSS1)N1CCC[C@@H](Cc2nc(-c3ccsc3)no2)C1. The molecule has 0 saturated carbocycles. The second kappa shape index (κ2) is 10.2. The van der Waals surface area contributed by atoms with Crippen molar-refractivity contribution >= 4 is 38.8 Å². The minimum Gasteiger partial charge on any atom is -0.342 e. The van der Waals surface area contributed by atoms with Crippen molar-refractivity contribution in [2.45, 2.75) is 56.6 Å². The monoisotopic (exact) mass is 437 g/mol. The van der Waals surface area contributed by atoms with Gasteiger partial charge < -0.3 is 9.42 Å². The Kier molecular flexibility index (Phi) is 7.36. The van der Waals surface area contributed by atoms with Crippen LogP contribution in [0.3, 0.4) is 0 Å². The van der Waals surface area contributed by atoms with Gasteiger partial charge in [-0.25, -0.2) is 0 Å². The smallest absolute Gasteiger partial charge is 0.227 e. The lowest BCUT2D eigenvalue weighted by molar-refractivity contribution is -0.133. The van der Waals surface area contributed by atoms with E-state index in [9.17, 15) is 4.79 Å². The van der Waals surface area contributed by atoms with E-state index in [0.717, 1.165) is 49.6 Å². The maximum Gasteiger partial charge on any atom is 0.227 e. The molecule has 4 rings (SSSR count). The molecule has 2 aromatic rings. The van der Waals surface area contributed by atoms with Crippen molar-refractivity contribution in [2.24, 2.45) is 5.92 Å². The third kappa shape index (κ3) is 5.54. The molecule has 2 saturated heterocycles. The lowest BCUT2D eigenvalue weighted by Gasteiger charge is -2.32. The standard InChI is InChI=1S/C20H27N3O2S3/c24-19(6-2-1-5-17-8-11-27-28-17)23-9-3-4-15(13-23)12-18-21-20(22-25-18)16-7-10-26-14-16/h7,10,14-15,17H,1-6,8-9,11-13H2/t15-,17+/m0/s1. The maximum absolute atomic E-state index is 12.6. The second-order valence-electron chi connectivity index (χ2n) is 7.65. The molecule has 0 N–H and O–H groups in total. The molecule has 8 heteroatoms. The molecular weight excluding hydrogens is 410 g/mol. The average Bonchev–Trinajstić information content (AvgIpc) is 3.47. The molecule has 2 atom stereocenters. The number of carbonyl (C=O) groups is 1. The first kappa shape index (κ1) is 20.3. The van der Waals surface area contributed by atoms with Gasteiger partial charge in [0, 0.05) is 47.9 Å². The summed E-state index contributed by atoms with van der Waals surface area (Å²) < 4.78 is 5.45. The number of aromatic nitrogens is 2. The molecule has 28 heavy (non-hydrogen) atoms. The molecule has 0 aromatic carbocycles. The highest BCUT2D eigenvalue weighted by Crippen LogP contribution is 2.39. The Morgan fingerprint density at radius 3 is 3.11 bits per heavy atom. The number of hydrogen-bond acceptors (Lipinski definition) is 7. The lowest BCUT2D eigenvalue weighted by Crippen LogP contribution is -2.40. The van der Waals surface area contributed by atoms with Crippen LogP contribution in [0.1, 0.15) is 50.8 Å². The van der Waals surface area contributed by atoms with Crippen LogP contribution in [0.4, 0.5) is 0 Å². The van der Waals surface area contributed by atoms with Gasteiger partial charge >= 0.3 is 0 Å². The molecule has 0 aliphatic carbocycles. The molecular formula is C20H27N3O2S3. The van der Waals surface area contributed by atoms with Crippen LogP contribution in [0.15, 0.2) is 21.3 Å². The van der Waals surface area contributed by atoms with E-state index in [1.54, 1.807) is 11.3 Å². The summed E-state index contributed by atoms with van der Waals surface area (Å²) in [4.78, 5) is 19.2. The summed E-state index contributed by atoms with van der Waals surface area (Å²) in [5.41, 5.74) is 1.01. The van der Waals surface area contributed by atoms with E-state index in [4.69, 9.17) is 4.52 Å². The van der Waals surface area contributed by atoms with E-state index in [0.29, 0.717) is 30.0 Å². The highest BCUT2D eigenvalue weighted by molar-refractivity contribution is 8.77. The van der Waals surface area contributed by atoms with Crippen LogP contribution in [0.25, 0.3) is 11.4 Å². The molecule has 2 aliphatic rings. The molecule has 0 radical (unpaired) electrons. The zero-order chi connectivity index (χ0) is 19.2. The Morgan fingerprint density at radius 1 is 1.32 bits per heavy atom. The van der Waals surface area contributed by atoms with Gasteiger partial charge in [-0.3, -0.25) is 4.79 Å². The normalized spacial score (nSPS) is 22.6. The van der Waals surface area contributed by atoms with Gasteiger partial charge in [0.1, 0.15) is 0 Å². The van der Waals surface area contributed by atoms with Crippen molar-refractivity contribution in [3.8, 4) is 11.4 Å². The summed E-state index contributed by atoms with van der Waals surface area (Å²) in [5.74, 6) is 3.38. The summed E-state index contributed by atoms with van der Waals surface area (Å²) in [6.45, 7) is 1.72. The summed E-state index contributed by atoms with van der Waals surface area (Å²) in [6.07, 6.45) is 8.44. The first-order chi connectivity index (χ1) is 13.8. The van der Waals surface area contributed by atoms with Crippen LogP contribution in [0, 0.1) is 5.92 Å². The van der Waals surface area contributed by atoms with Crippen molar-refractivity contribution in [1.29, 1.82) is 0 Å². The highest BCUT2D eigenvalue weighted by Gasteiger charge is 2.25. The number of carbonyl (C=O) groups excluding carboxylic acids is 1. The lowest BCUT2D eigenvalue weighted by atomic mass is 9.94. The van der Waals surface area contributed by atoms with Gasteiger partial charge in [-0.05, 0) is 49.5 Å². The van der Waals surface area contributed by atoms with Gasteiger partial charge in [-0.2, -0.15) is 16.3 Å². The first-order valence-corrected chi connectivity index (χ1v) is 13.5. The minimum atomic E-state index is 0.322. The Balaban J connectivity index is 1.21. The van der Waals surface area contributed by atoms with E-state index in [2.05, 4.69) is 15.0 Å². The number of rotatable bonds is 8. The topological polar surface area (TPSA) is 59.2 Å². The number of thiophene rings is 1. The van der Waals surface area contributed by atoms with Crippen LogP contribution in [-0.4, -0.2) is 45.0 Å². The Hall–Kier alpha value is -0.990. The Labute approximate surface area is 178 Å². The number of likely N-dealkylation sites (tertiary alicyclic amines) is 1. The van der Waals surface area contributed by atoms with Crippen LogP contribution in [-0.2, 0) is 11.2 Å². The van der Waals surface area contributed by atoms with E-state index in [1.807, 2.05) is 38.4 Å². The molecule has 1 amide bonds. The molecule has 2 aromatic heterocycles. The zero-order valence-electron chi connectivity index (χ0n) is 16.0. The Bertz CT molecular complexity index is 744. The van der Waals surface area contributed by atoms with Crippen LogP contribution < -0.4 is 0 Å². The summed E-state index contributed by atoms with van der Waals surface area (Å²) in [7, 11) is 4.03. The predicted octanol–water partition coefficient (Wildman–Crippen LogP) is 5.29. The largest absolute Gasteiger partial charge is 0.342 e. The van der Waals surface area contributed by atoms with Gasteiger partial charge in [0.15, 0.2) is 0 Å². The van der Waals surface area contributed by atoms with Gasteiger partial charge in [0.05, 0.1) is 0 Å². The third-order valence-corrected chi connectivity index (χ3v) is 9.17. The van der Waals surface area contributed by atoms with Gasteiger partial charge in [-0.15, -0.1) is 0 Å². The number of nitrogens with zero attached hydrogens (tertiary/aromatic N) is 3. The fraction of sp³-hybridized carbons (Fsp3) is 0.650. The first-order valence-electron chi connectivity index (χ1n) is 10.2. The number of unbranched alkanes of at least 4 members (excludes halogenated alkanes) is 1. The molecule has 2 aliphatic heterocycles. The molecule has 5 nitrogen and oxygen atoms in total. The molecule has 4 heterocycles. The van der Waals surface area contributed by atoms with E-state index < -0.39 is 0 Å². The maximum atomic E-state index is 12.6. The molecule has 2 fully saturated rings. The van der Waals surface area contributed by atoms with Crippen molar-refractivity contribution in [1.82, 2.24) is 15.0 Å². The molecule has 0 bridgehead atoms. The number of amides is 1. The number of hydrogen-bond donors (Lipinski definition) is 0. The quantitative estimate of drug-likeness (QED) is 0.413. The van der Waals surface area contributed by atoms with Crippen LogP contribution in [0.2, 0.25) is 0 Å². The summed E-state index contributed by atoms with van der Waals surface area (Å²) in [6, 6.07) is 2.00. The molecule has 0 unspecified atom stereocenters. The summed E-state index contributed by atoms with van der Waals surface area (Å²) >= 11 is 1.63. The highest BCUT2D eigenvalue weighted by atomic mass is 33.1. The van der Waals surface area contributed by atoms with E-state index >= 15 is 0 Å². The average molecular weight is 438 g/mol. The number of piperidine rings is 1. The van der Waals surface area contributed by atoms with Crippen molar-refractivity contribution < 1.29 is 9.32 Å². The minimum absolute atomic E-state index is 0.322. The summed E-state index contributed by atoms with van der Waals surface area (Å²) in [5, 5.41) is 8.95.